The zero-order valence-electron chi connectivity index (χ0n) is 10.8. The van der Waals surface area contributed by atoms with E-state index in [2.05, 4.69) is 10.3 Å². The van der Waals surface area contributed by atoms with Crippen molar-refractivity contribution in [3.05, 3.63) is 48.2 Å². The number of nitrogens with one attached hydrogen (secondary N) is 1. The highest BCUT2D eigenvalue weighted by Crippen LogP contribution is 2.21. The number of rotatable bonds is 4. The summed E-state index contributed by atoms with van der Waals surface area (Å²) in [5.74, 6) is 0.112. The minimum atomic E-state index is -0.524. The van der Waals surface area contributed by atoms with Gasteiger partial charge in [0, 0.05) is 18.6 Å². The smallest absolute Gasteiger partial charge is 0.248 e. The lowest BCUT2D eigenvalue weighted by molar-refractivity contribution is -0.114. The molecule has 0 aliphatic heterocycles. The van der Waals surface area contributed by atoms with Gasteiger partial charge in [0.2, 0.25) is 17.7 Å². The zero-order valence-corrected chi connectivity index (χ0v) is 10.8. The van der Waals surface area contributed by atoms with E-state index in [0.29, 0.717) is 22.9 Å². The third-order valence-electron chi connectivity index (χ3n) is 2.40. The monoisotopic (exact) mass is 271 g/mol. The van der Waals surface area contributed by atoms with Crippen molar-refractivity contribution >= 4 is 17.5 Å². The van der Waals surface area contributed by atoms with Crippen molar-refractivity contribution in [2.45, 2.75) is 6.92 Å². The van der Waals surface area contributed by atoms with Crippen molar-refractivity contribution < 1.29 is 14.3 Å². The maximum Gasteiger partial charge on any atom is 0.248 e. The minimum absolute atomic E-state index is 0.172. The molecule has 0 unspecified atom stereocenters. The van der Waals surface area contributed by atoms with Crippen LogP contribution in [-0.2, 0) is 4.79 Å². The van der Waals surface area contributed by atoms with E-state index < -0.39 is 5.91 Å². The van der Waals surface area contributed by atoms with E-state index >= 15 is 0 Å². The SMILES string of the molecule is CC(=O)Nc1ccc(Oc2cccc(C(N)=O)c2)nc1. The second-order valence-corrected chi connectivity index (χ2v) is 4.06. The van der Waals surface area contributed by atoms with Crippen LogP contribution in [0.1, 0.15) is 17.3 Å². The van der Waals surface area contributed by atoms with Crippen molar-refractivity contribution in [2.75, 3.05) is 5.32 Å². The van der Waals surface area contributed by atoms with Gasteiger partial charge in [-0.25, -0.2) is 4.98 Å². The van der Waals surface area contributed by atoms with Crippen LogP contribution in [0.15, 0.2) is 42.6 Å². The van der Waals surface area contributed by atoms with Crippen LogP contribution in [0.2, 0.25) is 0 Å². The molecule has 102 valence electrons. The Kier molecular flexibility index (Phi) is 3.95. The molecule has 0 aliphatic rings. The van der Waals surface area contributed by atoms with Crippen molar-refractivity contribution in [3.8, 4) is 11.6 Å². The van der Waals surface area contributed by atoms with E-state index in [0.717, 1.165) is 0 Å². The predicted molar refractivity (Wildman–Crippen MR) is 73.6 cm³/mol. The Morgan fingerprint density at radius 1 is 1.25 bits per heavy atom. The Hall–Kier alpha value is -2.89. The van der Waals surface area contributed by atoms with E-state index in [-0.39, 0.29) is 5.91 Å². The van der Waals surface area contributed by atoms with E-state index in [9.17, 15) is 9.59 Å². The van der Waals surface area contributed by atoms with Crippen LogP contribution in [0.3, 0.4) is 0 Å². The summed E-state index contributed by atoms with van der Waals surface area (Å²) in [5.41, 5.74) is 6.13. The van der Waals surface area contributed by atoms with Gasteiger partial charge in [-0.2, -0.15) is 0 Å². The van der Waals surface area contributed by atoms with E-state index in [1.807, 2.05) is 0 Å². The molecule has 0 aliphatic carbocycles. The molecule has 2 rings (SSSR count). The molecule has 20 heavy (non-hydrogen) atoms. The van der Waals surface area contributed by atoms with Gasteiger partial charge in [-0.3, -0.25) is 9.59 Å². The highest BCUT2D eigenvalue weighted by atomic mass is 16.5. The Morgan fingerprint density at radius 3 is 2.65 bits per heavy atom. The van der Waals surface area contributed by atoms with Gasteiger partial charge < -0.3 is 15.8 Å². The van der Waals surface area contributed by atoms with Crippen LogP contribution in [0.5, 0.6) is 11.6 Å². The number of amides is 2. The van der Waals surface area contributed by atoms with Gasteiger partial charge in [0.15, 0.2) is 0 Å². The second kappa shape index (κ2) is 5.83. The predicted octanol–water partition coefficient (Wildman–Crippen LogP) is 1.93. The normalized spacial score (nSPS) is 9.85. The summed E-state index contributed by atoms with van der Waals surface area (Å²) >= 11 is 0. The van der Waals surface area contributed by atoms with Gasteiger partial charge >= 0.3 is 0 Å². The number of benzene rings is 1. The van der Waals surface area contributed by atoms with E-state index in [4.69, 9.17) is 10.5 Å². The number of primary amides is 1. The quantitative estimate of drug-likeness (QED) is 0.888. The molecule has 0 radical (unpaired) electrons. The van der Waals surface area contributed by atoms with Crippen molar-refractivity contribution in [2.24, 2.45) is 5.73 Å². The van der Waals surface area contributed by atoms with Crippen LogP contribution in [0, 0.1) is 0 Å². The van der Waals surface area contributed by atoms with Crippen LogP contribution >= 0.6 is 0 Å². The molecule has 0 saturated carbocycles. The number of nitrogens with two attached hydrogens (primary N) is 1. The van der Waals surface area contributed by atoms with Crippen molar-refractivity contribution in [3.63, 3.8) is 0 Å². The average Bonchev–Trinajstić information content (AvgIpc) is 2.41. The summed E-state index contributed by atoms with van der Waals surface area (Å²) in [7, 11) is 0. The lowest BCUT2D eigenvalue weighted by Gasteiger charge is -2.06. The third-order valence-corrected chi connectivity index (χ3v) is 2.40. The van der Waals surface area contributed by atoms with Crippen molar-refractivity contribution in [1.29, 1.82) is 0 Å². The number of nitrogens with zero attached hydrogens (tertiary/aromatic N) is 1. The van der Waals surface area contributed by atoms with Crippen LogP contribution in [-0.4, -0.2) is 16.8 Å². The second-order valence-electron chi connectivity index (χ2n) is 4.06. The third kappa shape index (κ3) is 3.55. The molecule has 0 fully saturated rings. The molecule has 2 amide bonds. The van der Waals surface area contributed by atoms with Crippen LogP contribution < -0.4 is 15.8 Å². The number of aromatic nitrogens is 1. The molecule has 0 atom stereocenters. The Bertz CT molecular complexity index is 638. The molecular weight excluding hydrogens is 258 g/mol. The lowest BCUT2D eigenvalue weighted by atomic mass is 10.2. The summed E-state index contributed by atoms with van der Waals surface area (Å²) in [4.78, 5) is 26.0. The molecule has 0 saturated heterocycles. The number of pyridine rings is 1. The standard InChI is InChI=1S/C14H13N3O3/c1-9(18)17-11-5-6-13(16-8-11)20-12-4-2-3-10(7-12)14(15)19/h2-8H,1H3,(H2,15,19)(H,17,18). The molecule has 1 aromatic heterocycles. The number of carbonyl (C=O) groups excluding carboxylic acids is 2. The average molecular weight is 271 g/mol. The van der Waals surface area contributed by atoms with Gasteiger partial charge in [-0.15, -0.1) is 0 Å². The zero-order chi connectivity index (χ0) is 14.5. The van der Waals surface area contributed by atoms with Crippen LogP contribution in [0.4, 0.5) is 5.69 Å². The summed E-state index contributed by atoms with van der Waals surface area (Å²) in [5, 5.41) is 2.60. The highest BCUT2D eigenvalue weighted by molar-refractivity contribution is 5.93. The Labute approximate surface area is 115 Å². The molecular formula is C14H13N3O3. The van der Waals surface area contributed by atoms with Crippen molar-refractivity contribution in [1.82, 2.24) is 4.98 Å². The summed E-state index contributed by atoms with van der Waals surface area (Å²) in [6, 6.07) is 9.77. The fourth-order valence-electron chi connectivity index (χ4n) is 1.55. The molecule has 2 aromatic rings. The van der Waals surface area contributed by atoms with E-state index in [1.165, 1.54) is 19.2 Å². The first-order valence-corrected chi connectivity index (χ1v) is 5.86. The molecule has 3 N–H and O–H groups in total. The van der Waals surface area contributed by atoms with Gasteiger partial charge in [0.05, 0.1) is 11.9 Å². The fourth-order valence-corrected chi connectivity index (χ4v) is 1.55. The summed E-state index contributed by atoms with van der Waals surface area (Å²) in [6.07, 6.45) is 1.48. The molecule has 0 spiro atoms. The minimum Gasteiger partial charge on any atom is -0.439 e. The number of carbonyl (C=O) groups is 2. The molecule has 6 nitrogen and oxygen atoms in total. The lowest BCUT2D eigenvalue weighted by Crippen LogP contribution is -2.10. The molecule has 6 heteroatoms. The number of anilines is 1. The van der Waals surface area contributed by atoms with E-state index in [1.54, 1.807) is 30.3 Å². The number of hydrogen-bond acceptors (Lipinski definition) is 4. The molecule has 0 bridgehead atoms. The largest absolute Gasteiger partial charge is 0.439 e. The van der Waals surface area contributed by atoms with Gasteiger partial charge in [-0.05, 0) is 24.3 Å². The van der Waals surface area contributed by atoms with Crippen LogP contribution in [0.25, 0.3) is 0 Å². The fraction of sp³-hybridized carbons (Fsp3) is 0.0714. The van der Waals surface area contributed by atoms with Gasteiger partial charge in [0.1, 0.15) is 5.75 Å². The topological polar surface area (TPSA) is 94.3 Å². The molecule has 1 heterocycles. The summed E-state index contributed by atoms with van der Waals surface area (Å²) in [6.45, 7) is 1.42. The highest BCUT2D eigenvalue weighted by Gasteiger charge is 2.04. The maximum atomic E-state index is 11.1. The first-order valence-electron chi connectivity index (χ1n) is 5.86. The maximum absolute atomic E-state index is 11.1. The summed E-state index contributed by atoms with van der Waals surface area (Å²) < 4.78 is 5.50. The first-order chi connectivity index (χ1) is 9.54. The number of hydrogen-bond donors (Lipinski definition) is 2. The Morgan fingerprint density at radius 2 is 2.05 bits per heavy atom. The molecule has 1 aromatic carbocycles. The van der Waals surface area contributed by atoms with Gasteiger partial charge in [-0.1, -0.05) is 6.07 Å². The first kappa shape index (κ1) is 13.5. The van der Waals surface area contributed by atoms with Gasteiger partial charge in [0.25, 0.3) is 0 Å². The Balaban J connectivity index is 2.11. The number of ether oxygens (including phenoxy) is 1.